The average molecular weight is 613 g/mol. The summed E-state index contributed by atoms with van der Waals surface area (Å²) in [5, 5.41) is 2.66. The summed E-state index contributed by atoms with van der Waals surface area (Å²) in [6.45, 7) is 11.1. The highest BCUT2D eigenvalue weighted by atomic mass is 79.9. The number of nitrogens with one attached hydrogen (secondary N) is 1. The molecule has 2 fully saturated rings. The monoisotopic (exact) mass is 611 g/mol. The van der Waals surface area contributed by atoms with Crippen LogP contribution >= 0.6 is 15.9 Å². The number of carbonyl (C=O) groups excluding carboxylic acids is 3. The number of fused-ring (bicyclic) bond motifs is 2. The van der Waals surface area contributed by atoms with Gasteiger partial charge in [-0.05, 0) is 48.9 Å². The van der Waals surface area contributed by atoms with Crippen molar-refractivity contribution in [3.8, 4) is 0 Å². The first-order valence-electron chi connectivity index (χ1n) is 13.8. The molecule has 2 bridgehead atoms. The Labute approximate surface area is 239 Å². The van der Waals surface area contributed by atoms with Crippen LogP contribution in [-0.2, 0) is 33.3 Å². The number of hydrogen-bond acceptors (Lipinski definition) is 8. The van der Waals surface area contributed by atoms with Crippen LogP contribution in [-0.4, -0.2) is 55.3 Å². The second kappa shape index (κ2) is 14.5. The molecule has 0 aromatic heterocycles. The predicted octanol–water partition coefficient (Wildman–Crippen LogP) is 6.09. The van der Waals surface area contributed by atoms with E-state index in [0.29, 0.717) is 11.6 Å². The lowest BCUT2D eigenvalue weighted by Gasteiger charge is -2.37. The van der Waals surface area contributed by atoms with Crippen LogP contribution in [0.3, 0.4) is 0 Å². The fourth-order valence-electron chi connectivity index (χ4n) is 5.73. The molecule has 218 valence electrons. The van der Waals surface area contributed by atoms with Crippen LogP contribution in [0.4, 0.5) is 10.5 Å². The van der Waals surface area contributed by atoms with Crippen LogP contribution in [0.25, 0.3) is 0 Å². The molecule has 1 amide bonds. The molecule has 39 heavy (non-hydrogen) atoms. The Hall–Kier alpha value is -2.17. The predicted molar refractivity (Wildman–Crippen MR) is 149 cm³/mol. The van der Waals surface area contributed by atoms with E-state index in [4.69, 9.17) is 23.7 Å². The molecule has 2 saturated heterocycles. The minimum absolute atomic E-state index is 0.0164. The van der Waals surface area contributed by atoms with Gasteiger partial charge in [-0.1, -0.05) is 43.6 Å². The molecule has 3 rings (SSSR count). The summed E-state index contributed by atoms with van der Waals surface area (Å²) in [7, 11) is 0. The zero-order chi connectivity index (χ0) is 28.7. The van der Waals surface area contributed by atoms with E-state index < -0.39 is 30.2 Å². The Balaban J connectivity index is 1.58. The van der Waals surface area contributed by atoms with Crippen LogP contribution in [0, 0.1) is 23.7 Å². The SMILES string of the molecule is CC(=O)O[C@H]([C@H](C)[C@H](CCOC(=O)Nc1ccc(Br)cc1)OC(C)=O)[C@@H](C)CC[C@H]1OC2C[C@@H](C)[C@@H](O2)[C@H]1C. The van der Waals surface area contributed by atoms with Gasteiger partial charge in [0.05, 0.1) is 18.8 Å². The molecular formula is C29H42BrNO8. The largest absolute Gasteiger partial charge is 0.462 e. The van der Waals surface area contributed by atoms with Crippen molar-refractivity contribution >= 4 is 39.6 Å². The molecule has 9 atom stereocenters. The zero-order valence-corrected chi connectivity index (χ0v) is 25.3. The summed E-state index contributed by atoms with van der Waals surface area (Å²) in [5.41, 5.74) is 0.599. The quantitative estimate of drug-likeness (QED) is 0.223. The van der Waals surface area contributed by atoms with Crippen molar-refractivity contribution in [3.05, 3.63) is 28.7 Å². The highest BCUT2D eigenvalue weighted by Crippen LogP contribution is 2.41. The van der Waals surface area contributed by atoms with E-state index in [0.717, 1.165) is 23.7 Å². The van der Waals surface area contributed by atoms with Gasteiger partial charge in [-0.2, -0.15) is 0 Å². The van der Waals surface area contributed by atoms with E-state index >= 15 is 0 Å². The van der Waals surface area contributed by atoms with Crippen molar-refractivity contribution in [1.82, 2.24) is 0 Å². The maximum atomic E-state index is 12.2. The van der Waals surface area contributed by atoms with Gasteiger partial charge in [0.1, 0.15) is 12.2 Å². The van der Waals surface area contributed by atoms with Crippen molar-refractivity contribution in [1.29, 1.82) is 0 Å². The number of carbonyl (C=O) groups is 3. The van der Waals surface area contributed by atoms with Crippen LogP contribution < -0.4 is 5.32 Å². The summed E-state index contributed by atoms with van der Waals surface area (Å²) >= 11 is 3.35. The second-order valence-electron chi connectivity index (χ2n) is 11.0. The van der Waals surface area contributed by atoms with E-state index in [2.05, 4.69) is 35.1 Å². The van der Waals surface area contributed by atoms with Crippen LogP contribution in [0.2, 0.25) is 0 Å². The summed E-state index contributed by atoms with van der Waals surface area (Å²) in [6, 6.07) is 7.11. The fraction of sp³-hybridized carbons (Fsp3) is 0.690. The van der Waals surface area contributed by atoms with E-state index in [1.54, 1.807) is 12.1 Å². The van der Waals surface area contributed by atoms with Gasteiger partial charge in [-0.15, -0.1) is 0 Å². The Morgan fingerprint density at radius 3 is 2.33 bits per heavy atom. The van der Waals surface area contributed by atoms with Gasteiger partial charge in [0.2, 0.25) is 0 Å². The van der Waals surface area contributed by atoms with Gasteiger partial charge in [-0.3, -0.25) is 14.9 Å². The van der Waals surface area contributed by atoms with Gasteiger partial charge in [-0.25, -0.2) is 4.79 Å². The van der Waals surface area contributed by atoms with Crippen molar-refractivity contribution in [2.45, 2.75) is 97.9 Å². The third kappa shape index (κ3) is 9.18. The summed E-state index contributed by atoms with van der Waals surface area (Å²) < 4.78 is 29.8. The van der Waals surface area contributed by atoms with Crippen molar-refractivity contribution in [3.63, 3.8) is 0 Å². The number of amides is 1. The highest BCUT2D eigenvalue weighted by molar-refractivity contribution is 9.10. The topological polar surface area (TPSA) is 109 Å². The minimum Gasteiger partial charge on any atom is -0.462 e. The molecular weight excluding hydrogens is 570 g/mol. The minimum atomic E-state index is -0.607. The maximum Gasteiger partial charge on any atom is 0.411 e. The van der Waals surface area contributed by atoms with Crippen molar-refractivity contribution in [2.75, 3.05) is 11.9 Å². The first kappa shape index (κ1) is 31.4. The summed E-state index contributed by atoms with van der Waals surface area (Å²) in [6.07, 6.45) is 1.21. The van der Waals surface area contributed by atoms with Gasteiger partial charge in [0, 0.05) is 48.7 Å². The zero-order valence-electron chi connectivity index (χ0n) is 23.7. The summed E-state index contributed by atoms with van der Waals surface area (Å²) in [4.78, 5) is 36.2. The molecule has 2 aliphatic heterocycles. The summed E-state index contributed by atoms with van der Waals surface area (Å²) in [5.74, 6) is -0.426. The first-order chi connectivity index (χ1) is 18.4. The number of anilines is 1. The molecule has 0 radical (unpaired) electrons. The number of hydrogen-bond donors (Lipinski definition) is 1. The van der Waals surface area contributed by atoms with E-state index in [1.165, 1.54) is 13.8 Å². The standard InChI is InChI=1S/C29H42BrNO8/c1-16(7-12-24-18(3)28-17(2)15-26(38-24)39-28)27(37-21(6)33)19(4)25(36-20(5)32)13-14-35-29(34)31-23-10-8-22(30)9-11-23/h8-11,16-19,24-28H,7,12-15H2,1-6H3,(H,31,34)/t16-,17+,18-,19+,24+,25-,26?,27-,28+/m0/s1. The van der Waals surface area contributed by atoms with Crippen LogP contribution in [0.5, 0.6) is 0 Å². The first-order valence-corrected chi connectivity index (χ1v) is 14.6. The maximum absolute atomic E-state index is 12.2. The van der Waals surface area contributed by atoms with Crippen molar-refractivity contribution < 1.29 is 38.1 Å². The van der Waals surface area contributed by atoms with Crippen LogP contribution in [0.1, 0.15) is 67.2 Å². The molecule has 0 spiro atoms. The van der Waals surface area contributed by atoms with Crippen LogP contribution in [0.15, 0.2) is 28.7 Å². The molecule has 1 aromatic rings. The number of ether oxygens (including phenoxy) is 5. The Morgan fingerprint density at radius 2 is 1.69 bits per heavy atom. The number of esters is 2. The number of benzene rings is 1. The Kier molecular flexibility index (Phi) is 11.6. The third-order valence-electron chi connectivity index (χ3n) is 7.78. The molecule has 0 aliphatic carbocycles. The lowest BCUT2D eigenvalue weighted by atomic mass is 9.82. The van der Waals surface area contributed by atoms with Crippen molar-refractivity contribution in [2.24, 2.45) is 23.7 Å². The second-order valence-corrected chi connectivity index (χ2v) is 11.9. The normalized spacial score (nSPS) is 27.1. The van der Waals surface area contributed by atoms with Gasteiger partial charge >= 0.3 is 18.0 Å². The molecule has 10 heteroatoms. The van der Waals surface area contributed by atoms with E-state index in [1.807, 2.05) is 26.0 Å². The Bertz CT molecular complexity index is 973. The Morgan fingerprint density at radius 1 is 1.03 bits per heavy atom. The third-order valence-corrected chi connectivity index (χ3v) is 8.31. The smallest absolute Gasteiger partial charge is 0.411 e. The molecule has 9 nitrogen and oxygen atoms in total. The number of halogens is 1. The molecule has 1 unspecified atom stereocenters. The molecule has 2 heterocycles. The fourth-order valence-corrected chi connectivity index (χ4v) is 5.99. The molecule has 1 N–H and O–H groups in total. The van der Waals surface area contributed by atoms with Gasteiger partial charge < -0.3 is 23.7 Å². The molecule has 0 saturated carbocycles. The molecule has 2 aliphatic rings. The lowest BCUT2D eigenvalue weighted by Crippen LogP contribution is -2.42. The average Bonchev–Trinajstić information content (AvgIpc) is 3.19. The number of rotatable bonds is 12. The van der Waals surface area contributed by atoms with E-state index in [-0.39, 0.29) is 49.3 Å². The van der Waals surface area contributed by atoms with Gasteiger partial charge in [0.25, 0.3) is 0 Å². The highest BCUT2D eigenvalue weighted by Gasteiger charge is 2.45. The lowest BCUT2D eigenvalue weighted by molar-refractivity contribution is -0.235. The van der Waals surface area contributed by atoms with E-state index in [9.17, 15) is 14.4 Å². The molecule has 1 aromatic carbocycles. The van der Waals surface area contributed by atoms with Gasteiger partial charge in [0.15, 0.2) is 6.29 Å².